The van der Waals surface area contributed by atoms with E-state index in [2.05, 4.69) is 0 Å². The van der Waals surface area contributed by atoms with Crippen molar-refractivity contribution in [3.8, 4) is 0 Å². The van der Waals surface area contributed by atoms with Gasteiger partial charge in [0.25, 0.3) is 0 Å². The molecule has 17 heavy (non-hydrogen) atoms. The standard InChI is InChI=1S/C11H18O6/c1-2-3-4-5-16-10-8(14)9(7(13)6-12)17-11(10)15/h7,9,12-14H,2-6H2,1H3. The van der Waals surface area contributed by atoms with Gasteiger partial charge in [-0.15, -0.1) is 0 Å². The summed E-state index contributed by atoms with van der Waals surface area (Å²) in [5, 5.41) is 27.6. The molecule has 6 nitrogen and oxygen atoms in total. The number of carbonyl (C=O) groups is 1. The van der Waals surface area contributed by atoms with Crippen molar-refractivity contribution < 1.29 is 29.6 Å². The Labute approximate surface area is 99.5 Å². The van der Waals surface area contributed by atoms with Crippen LogP contribution in [0.4, 0.5) is 0 Å². The van der Waals surface area contributed by atoms with Crippen LogP contribution in [0.5, 0.6) is 0 Å². The van der Waals surface area contributed by atoms with Crippen molar-refractivity contribution in [1.82, 2.24) is 0 Å². The Balaban J connectivity index is 2.56. The molecule has 1 heterocycles. The minimum atomic E-state index is -1.34. The Bertz CT molecular complexity index is 298. The second kappa shape index (κ2) is 6.46. The largest absolute Gasteiger partial charge is 0.505 e. The molecule has 1 rings (SSSR count). The fourth-order valence-electron chi connectivity index (χ4n) is 1.47. The number of hydrogen-bond acceptors (Lipinski definition) is 6. The van der Waals surface area contributed by atoms with Gasteiger partial charge in [0.05, 0.1) is 13.2 Å². The first-order valence-corrected chi connectivity index (χ1v) is 5.67. The number of rotatable bonds is 7. The van der Waals surface area contributed by atoms with Crippen LogP contribution in [0.15, 0.2) is 11.5 Å². The number of aliphatic hydroxyl groups is 3. The zero-order valence-electron chi connectivity index (χ0n) is 9.76. The van der Waals surface area contributed by atoms with Gasteiger partial charge >= 0.3 is 5.97 Å². The van der Waals surface area contributed by atoms with Crippen molar-refractivity contribution in [2.45, 2.75) is 38.4 Å². The molecule has 0 fully saturated rings. The van der Waals surface area contributed by atoms with Crippen molar-refractivity contribution in [2.24, 2.45) is 0 Å². The van der Waals surface area contributed by atoms with Crippen LogP contribution in [0.25, 0.3) is 0 Å². The lowest BCUT2D eigenvalue weighted by molar-refractivity contribution is -0.148. The Morgan fingerprint density at radius 2 is 2.18 bits per heavy atom. The van der Waals surface area contributed by atoms with E-state index >= 15 is 0 Å². The summed E-state index contributed by atoms with van der Waals surface area (Å²) in [4.78, 5) is 11.3. The van der Waals surface area contributed by atoms with Gasteiger partial charge < -0.3 is 24.8 Å². The smallest absolute Gasteiger partial charge is 0.378 e. The first kappa shape index (κ1) is 13.8. The fraction of sp³-hybridized carbons (Fsp3) is 0.727. The molecule has 0 saturated heterocycles. The molecule has 98 valence electrons. The van der Waals surface area contributed by atoms with E-state index in [9.17, 15) is 15.0 Å². The number of cyclic esters (lactones) is 1. The third kappa shape index (κ3) is 3.34. The van der Waals surface area contributed by atoms with Crippen molar-refractivity contribution in [2.75, 3.05) is 13.2 Å². The predicted octanol–water partition coefficient (Wildman–Crippen LogP) is 0.241. The van der Waals surface area contributed by atoms with E-state index in [-0.39, 0.29) is 5.76 Å². The van der Waals surface area contributed by atoms with E-state index in [1.165, 1.54) is 0 Å². The second-order valence-electron chi connectivity index (χ2n) is 3.85. The molecule has 0 spiro atoms. The van der Waals surface area contributed by atoms with Crippen LogP contribution in [0, 0.1) is 0 Å². The van der Waals surface area contributed by atoms with Crippen molar-refractivity contribution >= 4 is 5.97 Å². The maximum atomic E-state index is 11.3. The van der Waals surface area contributed by atoms with Crippen LogP contribution in [0.1, 0.15) is 26.2 Å². The summed E-state index contributed by atoms with van der Waals surface area (Å²) in [6.07, 6.45) is 0.189. The van der Waals surface area contributed by atoms with Crippen LogP contribution in [0.2, 0.25) is 0 Å². The van der Waals surface area contributed by atoms with E-state index in [1.807, 2.05) is 6.92 Å². The average molecular weight is 246 g/mol. The first-order valence-electron chi connectivity index (χ1n) is 5.67. The van der Waals surface area contributed by atoms with E-state index in [4.69, 9.17) is 14.6 Å². The van der Waals surface area contributed by atoms with Gasteiger partial charge in [0, 0.05) is 0 Å². The lowest BCUT2D eigenvalue weighted by Crippen LogP contribution is -2.31. The van der Waals surface area contributed by atoms with Crippen LogP contribution in [0.3, 0.4) is 0 Å². The number of aliphatic hydroxyl groups excluding tert-OH is 3. The molecule has 0 amide bonds. The van der Waals surface area contributed by atoms with Crippen LogP contribution < -0.4 is 0 Å². The Morgan fingerprint density at radius 1 is 1.47 bits per heavy atom. The molecular formula is C11H18O6. The molecule has 3 N–H and O–H groups in total. The van der Waals surface area contributed by atoms with E-state index < -0.39 is 30.5 Å². The quantitative estimate of drug-likeness (QED) is 0.440. The van der Waals surface area contributed by atoms with Gasteiger partial charge in [-0.25, -0.2) is 4.79 Å². The Hall–Kier alpha value is -1.27. The summed E-state index contributed by atoms with van der Waals surface area (Å²) >= 11 is 0. The number of unbranched alkanes of at least 4 members (excludes halogenated alkanes) is 2. The van der Waals surface area contributed by atoms with Crippen LogP contribution in [-0.2, 0) is 14.3 Å². The zero-order valence-corrected chi connectivity index (χ0v) is 9.76. The molecule has 0 aliphatic carbocycles. The predicted molar refractivity (Wildman–Crippen MR) is 58.1 cm³/mol. The van der Waals surface area contributed by atoms with Gasteiger partial charge in [0.15, 0.2) is 11.9 Å². The third-order valence-corrected chi connectivity index (χ3v) is 2.45. The molecular weight excluding hydrogens is 228 g/mol. The lowest BCUT2D eigenvalue weighted by Gasteiger charge is -2.13. The van der Waals surface area contributed by atoms with Crippen LogP contribution >= 0.6 is 0 Å². The molecule has 1 aliphatic rings. The molecule has 0 aromatic rings. The van der Waals surface area contributed by atoms with Gasteiger partial charge in [0.1, 0.15) is 6.10 Å². The maximum Gasteiger partial charge on any atom is 0.378 e. The van der Waals surface area contributed by atoms with Crippen molar-refractivity contribution in [3.63, 3.8) is 0 Å². The van der Waals surface area contributed by atoms with E-state index in [1.54, 1.807) is 0 Å². The minimum Gasteiger partial charge on any atom is -0.505 e. The molecule has 2 atom stereocenters. The second-order valence-corrected chi connectivity index (χ2v) is 3.85. The molecule has 1 aliphatic heterocycles. The summed E-state index contributed by atoms with van der Waals surface area (Å²) in [5.41, 5.74) is 0. The van der Waals surface area contributed by atoms with Crippen molar-refractivity contribution in [3.05, 3.63) is 11.5 Å². The van der Waals surface area contributed by atoms with Crippen LogP contribution in [-0.4, -0.2) is 46.7 Å². The number of esters is 1. The first-order chi connectivity index (χ1) is 8.11. The topological polar surface area (TPSA) is 96.2 Å². The minimum absolute atomic E-state index is 0.265. The third-order valence-electron chi connectivity index (χ3n) is 2.45. The number of ether oxygens (including phenoxy) is 2. The molecule has 0 aromatic heterocycles. The lowest BCUT2D eigenvalue weighted by atomic mass is 10.2. The number of hydrogen-bond donors (Lipinski definition) is 3. The summed E-state index contributed by atoms with van der Waals surface area (Å²) in [5.74, 6) is -1.52. The Morgan fingerprint density at radius 3 is 2.76 bits per heavy atom. The van der Waals surface area contributed by atoms with E-state index in [0.717, 1.165) is 19.3 Å². The highest BCUT2D eigenvalue weighted by Gasteiger charge is 2.40. The van der Waals surface area contributed by atoms with Gasteiger partial charge in [-0.3, -0.25) is 0 Å². The van der Waals surface area contributed by atoms with Crippen molar-refractivity contribution in [1.29, 1.82) is 0 Å². The molecule has 0 saturated carbocycles. The van der Waals surface area contributed by atoms with Gasteiger partial charge in [-0.2, -0.15) is 0 Å². The van der Waals surface area contributed by atoms with Gasteiger partial charge in [0.2, 0.25) is 5.76 Å². The summed E-state index contributed by atoms with van der Waals surface area (Å²) in [6.45, 7) is 1.74. The number of carbonyl (C=O) groups excluding carboxylic acids is 1. The molecule has 2 unspecified atom stereocenters. The SMILES string of the molecule is CCCCCOC1=C(O)C(C(O)CO)OC1=O. The highest BCUT2D eigenvalue weighted by molar-refractivity contribution is 5.89. The normalized spacial score (nSPS) is 21.6. The average Bonchev–Trinajstić information content (AvgIpc) is 2.60. The fourth-order valence-corrected chi connectivity index (χ4v) is 1.47. The molecule has 6 heteroatoms. The Kier molecular flexibility index (Phi) is 5.24. The summed E-state index contributed by atoms with van der Waals surface area (Å²) in [6, 6.07) is 0. The monoisotopic (exact) mass is 246 g/mol. The molecule has 0 bridgehead atoms. The summed E-state index contributed by atoms with van der Waals surface area (Å²) < 4.78 is 9.81. The zero-order chi connectivity index (χ0) is 12.8. The molecule has 0 radical (unpaired) electrons. The molecule has 0 aromatic carbocycles. The highest BCUT2D eigenvalue weighted by Crippen LogP contribution is 2.24. The van der Waals surface area contributed by atoms with E-state index in [0.29, 0.717) is 6.61 Å². The summed E-state index contributed by atoms with van der Waals surface area (Å²) in [7, 11) is 0. The van der Waals surface area contributed by atoms with Gasteiger partial charge in [-0.05, 0) is 6.42 Å². The van der Waals surface area contributed by atoms with Gasteiger partial charge in [-0.1, -0.05) is 19.8 Å². The highest BCUT2D eigenvalue weighted by atomic mass is 16.6. The maximum absolute atomic E-state index is 11.3.